The minimum Gasteiger partial charge on any atom is -0.493 e. The van der Waals surface area contributed by atoms with Crippen molar-refractivity contribution in [1.29, 1.82) is 10.5 Å². The predicted octanol–water partition coefficient (Wildman–Crippen LogP) is 14.6. The molecule has 0 radical (unpaired) electrons. The lowest BCUT2D eigenvalue weighted by Crippen LogP contribution is -2.54. The van der Waals surface area contributed by atoms with E-state index in [1.54, 1.807) is 0 Å². The molecule has 2 atom stereocenters. The molecule has 8 aromatic carbocycles. The van der Waals surface area contributed by atoms with E-state index in [1.165, 1.54) is 0 Å². The number of nitrogens with zero attached hydrogens (tertiary/aromatic N) is 6. The third-order valence-electron chi connectivity index (χ3n) is 17.6. The Morgan fingerprint density at radius 3 is 1.17 bits per heavy atom. The van der Waals surface area contributed by atoms with Crippen LogP contribution in [0.4, 0.5) is 0 Å². The van der Waals surface area contributed by atoms with E-state index < -0.39 is 13.7 Å². The van der Waals surface area contributed by atoms with Gasteiger partial charge in [-0.15, -0.1) is 0 Å². The van der Waals surface area contributed by atoms with Crippen molar-refractivity contribution in [3.8, 4) is 46.2 Å². The lowest BCUT2D eigenvalue weighted by Gasteiger charge is -2.24. The Morgan fingerprint density at radius 2 is 0.833 bits per heavy atom. The van der Waals surface area contributed by atoms with Crippen LogP contribution in [0.2, 0.25) is 0 Å². The molecule has 2 unspecified atom stereocenters. The van der Waals surface area contributed by atoms with E-state index in [4.69, 9.17) is 28.3 Å². The zero-order valence-corrected chi connectivity index (χ0v) is 52.3. The molecule has 12 aromatic rings. The van der Waals surface area contributed by atoms with Gasteiger partial charge in [0.25, 0.3) is 0 Å². The van der Waals surface area contributed by atoms with Crippen molar-refractivity contribution in [3.63, 3.8) is 0 Å². The number of unbranched alkanes of at least 4 members (excludes halogenated alkanes) is 2. The first-order valence-electron chi connectivity index (χ1n) is 32.0. The number of fused-ring (bicyclic) bond motifs is 3. The van der Waals surface area contributed by atoms with Crippen molar-refractivity contribution >= 4 is 79.7 Å². The van der Waals surface area contributed by atoms with Crippen LogP contribution in [0.5, 0.6) is 11.5 Å². The normalized spacial score (nSPS) is 12.8. The fourth-order valence-corrected chi connectivity index (χ4v) is 12.9. The number of oxazole rings is 2. The van der Waals surface area contributed by atoms with Gasteiger partial charge < -0.3 is 27.3 Å². The van der Waals surface area contributed by atoms with Crippen molar-refractivity contribution in [2.24, 2.45) is 11.8 Å². The van der Waals surface area contributed by atoms with E-state index in [9.17, 15) is 10.5 Å². The second-order valence-electron chi connectivity index (χ2n) is 23.8. The molecular weight excluding hydrogens is 1110 g/mol. The van der Waals surface area contributed by atoms with Gasteiger partial charge in [-0.2, -0.15) is 10.5 Å². The summed E-state index contributed by atoms with van der Waals surface area (Å²) in [5.41, 5.74) is 11.5. The summed E-state index contributed by atoms with van der Waals surface area (Å²) < 4.78 is 32.3. The molecule has 446 valence electrons. The molecule has 12 rings (SSSR count). The van der Waals surface area contributed by atoms with Gasteiger partial charge in [-0.05, 0) is 98.2 Å². The molecule has 12 heteroatoms. The van der Waals surface area contributed by atoms with Gasteiger partial charge in [-0.3, -0.25) is 0 Å². The largest absolute Gasteiger partial charge is 0.493 e. The highest BCUT2D eigenvalue weighted by molar-refractivity contribution is 6.85. The number of aryl methyl sites for hydroxylation is 2. The topological polar surface area (TPSA) is 128 Å². The van der Waals surface area contributed by atoms with Crippen molar-refractivity contribution in [2.75, 3.05) is 13.2 Å². The van der Waals surface area contributed by atoms with E-state index in [-0.39, 0.29) is 22.9 Å². The molecule has 0 N–H and O–H groups in total. The summed E-state index contributed by atoms with van der Waals surface area (Å²) in [6.07, 6.45) is 8.55. The average molecular weight is 1180 g/mol. The molecule has 0 saturated carbocycles. The summed E-state index contributed by atoms with van der Waals surface area (Å²) in [6.45, 7) is 12.9. The summed E-state index contributed by atoms with van der Waals surface area (Å²) in [5.74, 6) is 2.41. The lowest BCUT2D eigenvalue weighted by atomic mass is 9.50. The Kier molecular flexibility index (Phi) is 18.5. The minimum absolute atomic E-state index is 0.149. The first-order valence-corrected chi connectivity index (χ1v) is 32.0. The molecule has 0 fully saturated rings. The van der Waals surface area contributed by atoms with Crippen LogP contribution in [-0.4, -0.2) is 45.8 Å². The highest BCUT2D eigenvalue weighted by atomic mass is 16.5. The summed E-state index contributed by atoms with van der Waals surface area (Å²) in [4.78, 5) is 10.5. The van der Waals surface area contributed by atoms with E-state index in [0.29, 0.717) is 91.6 Å². The Labute approximate surface area is 528 Å². The molecule has 4 heterocycles. The molecule has 4 aromatic heterocycles. The van der Waals surface area contributed by atoms with Gasteiger partial charge in [0.15, 0.2) is 11.2 Å². The van der Waals surface area contributed by atoms with E-state index in [2.05, 4.69) is 182 Å². The predicted molar refractivity (Wildman–Crippen MR) is 368 cm³/mol. The highest BCUT2D eigenvalue weighted by Crippen LogP contribution is 2.39. The summed E-state index contributed by atoms with van der Waals surface area (Å²) in [5, 5.41) is 27.4. The summed E-state index contributed by atoms with van der Waals surface area (Å²) in [7, 11) is 0. The van der Waals surface area contributed by atoms with Crippen LogP contribution in [0, 0.1) is 48.3 Å². The molecule has 10 nitrogen and oxygen atoms in total. The molecular formula is C78H74B2N6O4. The molecule has 0 aliphatic heterocycles. The third-order valence-corrected chi connectivity index (χ3v) is 17.6. The summed E-state index contributed by atoms with van der Waals surface area (Å²) in [6, 6.07) is 75.8. The monoisotopic (exact) mass is 1180 g/mol. The van der Waals surface area contributed by atoms with Crippen molar-refractivity contribution in [1.82, 2.24) is 18.9 Å². The van der Waals surface area contributed by atoms with Gasteiger partial charge in [0.1, 0.15) is 45.8 Å². The number of rotatable bonds is 24. The Morgan fingerprint density at radius 1 is 0.467 bits per heavy atom. The smallest absolute Gasteiger partial charge is 0.328 e. The van der Waals surface area contributed by atoms with Gasteiger partial charge in [0.2, 0.25) is 11.8 Å². The first kappa shape index (κ1) is 60.3. The number of hydrogen-bond acceptors (Lipinski definition) is 8. The highest BCUT2D eigenvalue weighted by Gasteiger charge is 2.38. The van der Waals surface area contributed by atoms with E-state index >= 15 is 0 Å². The van der Waals surface area contributed by atoms with Crippen LogP contribution in [0.3, 0.4) is 0 Å². The third kappa shape index (κ3) is 12.3. The van der Waals surface area contributed by atoms with Crippen LogP contribution in [-0.2, 0) is 0 Å². The number of benzene rings is 8. The molecule has 0 amide bonds. The quantitative estimate of drug-likeness (QED) is 0.0547. The zero-order valence-electron chi connectivity index (χ0n) is 52.3. The van der Waals surface area contributed by atoms with Crippen molar-refractivity contribution in [2.45, 2.75) is 92.9 Å². The fourth-order valence-electron chi connectivity index (χ4n) is 12.9. The number of nitriles is 2. The second-order valence-corrected chi connectivity index (χ2v) is 23.8. The summed E-state index contributed by atoms with van der Waals surface area (Å²) >= 11 is 0. The second kappa shape index (κ2) is 27.6. The zero-order chi connectivity index (χ0) is 62.1. The van der Waals surface area contributed by atoms with Crippen molar-refractivity contribution < 1.29 is 18.3 Å². The molecule has 0 saturated heterocycles. The van der Waals surface area contributed by atoms with Crippen LogP contribution >= 0.6 is 0 Å². The average Bonchev–Trinajstić information content (AvgIpc) is 1.52. The number of aromatic nitrogens is 4. The van der Waals surface area contributed by atoms with Gasteiger partial charge >= 0.3 is 13.7 Å². The lowest BCUT2D eigenvalue weighted by molar-refractivity contribution is 0.233. The Bertz CT molecular complexity index is 4320. The molecule has 0 spiro atoms. The van der Waals surface area contributed by atoms with E-state index in [0.717, 1.165) is 95.5 Å². The van der Waals surface area contributed by atoms with Crippen molar-refractivity contribution in [3.05, 3.63) is 240 Å². The molecule has 0 bridgehead atoms. The Balaban J connectivity index is 1.37. The molecule has 90 heavy (non-hydrogen) atoms. The van der Waals surface area contributed by atoms with Crippen LogP contribution in [0.25, 0.3) is 66.6 Å². The van der Waals surface area contributed by atoms with Gasteiger partial charge in [-0.1, -0.05) is 246 Å². The van der Waals surface area contributed by atoms with Crippen LogP contribution in [0.15, 0.2) is 215 Å². The first-order chi connectivity index (χ1) is 44.2. The molecule has 0 aliphatic rings. The number of hydrogen-bond donors (Lipinski definition) is 0. The van der Waals surface area contributed by atoms with Crippen LogP contribution in [0.1, 0.15) is 102 Å². The van der Waals surface area contributed by atoms with Crippen LogP contribution < -0.4 is 42.0 Å². The maximum absolute atomic E-state index is 12.5. The molecule has 0 aliphatic carbocycles. The standard InChI is InChI=1S/C78H74B2N6O4/c1-7-11-27-55(9-3)51-87-63-39-25-29-57(47-63)73-71-72(76(66(50-82)78-84-68-46-54(6)42-44-70(68)90-78)85(73)79(59-31-17-13-18-32-59)60-33-19-14-20-34-60)74(58-30-26-40-64(48-58)88-52-56(10-4)28-12-8-2)86(80(61-35-21-15-22-36-61)62-37-23-16-24-38-62)75(71)65(49-81)77-83-67-45-53(5)41-43-69(67)89-77/h13-26,29-48,55-56H,7-12,27-28,51-52H2,1-6H3/b75-65-,76-66-. The van der Waals surface area contributed by atoms with Gasteiger partial charge in [0.05, 0.1) is 23.9 Å². The minimum atomic E-state index is -0.613. The van der Waals surface area contributed by atoms with Gasteiger partial charge in [0, 0.05) is 33.3 Å². The fraction of sp³-hybridized carbons (Fsp3) is 0.231. The Hall–Kier alpha value is -10.0. The maximum atomic E-state index is 12.5. The van der Waals surface area contributed by atoms with Gasteiger partial charge in [-0.25, -0.2) is 9.97 Å². The van der Waals surface area contributed by atoms with E-state index in [1.807, 2.05) is 86.6 Å². The number of ether oxygens (including phenoxy) is 2. The maximum Gasteiger partial charge on any atom is 0.328 e. The SMILES string of the molecule is CCCCC(CC)COc1cccc(-c2c3/c(=C(\C#N)c4nc5cc(C)ccc5o4)n(B(c4ccccc4)c4ccccc4)c(-c4cccc(OCC(CC)CCCC)c4)c3/c(=C(\C#N)c3nc4cc(C)ccc4o3)n2B(c2ccccc2)c2ccccc2)c1.